The van der Waals surface area contributed by atoms with Crippen LogP contribution in [0.2, 0.25) is 0 Å². The zero-order chi connectivity index (χ0) is 17.3. The van der Waals surface area contributed by atoms with Crippen molar-refractivity contribution in [2.24, 2.45) is 7.05 Å². The van der Waals surface area contributed by atoms with Crippen molar-refractivity contribution in [1.29, 1.82) is 0 Å². The van der Waals surface area contributed by atoms with E-state index in [-0.39, 0.29) is 23.8 Å². The van der Waals surface area contributed by atoms with Crippen LogP contribution in [0, 0.1) is 12.7 Å². The lowest BCUT2D eigenvalue weighted by Gasteiger charge is -2.09. The van der Waals surface area contributed by atoms with Crippen LogP contribution in [0.15, 0.2) is 24.3 Å². The van der Waals surface area contributed by atoms with E-state index in [1.165, 1.54) is 6.07 Å². The Balaban J connectivity index is 1.54. The van der Waals surface area contributed by atoms with Gasteiger partial charge in [-0.3, -0.25) is 0 Å². The van der Waals surface area contributed by atoms with Crippen molar-refractivity contribution in [1.82, 2.24) is 20.4 Å². The van der Waals surface area contributed by atoms with Crippen molar-refractivity contribution in [2.75, 3.05) is 7.11 Å². The minimum Gasteiger partial charge on any atom is -0.481 e. The molecule has 1 fully saturated rings. The van der Waals surface area contributed by atoms with Gasteiger partial charge in [0.15, 0.2) is 0 Å². The summed E-state index contributed by atoms with van der Waals surface area (Å²) in [4.78, 5) is 12.1. The summed E-state index contributed by atoms with van der Waals surface area (Å²) in [6.07, 6.45) is 0.754. The highest BCUT2D eigenvalue weighted by atomic mass is 19.1. The van der Waals surface area contributed by atoms with E-state index in [9.17, 15) is 9.18 Å². The molecule has 0 unspecified atom stereocenters. The van der Waals surface area contributed by atoms with Gasteiger partial charge in [0.1, 0.15) is 5.82 Å². The minimum atomic E-state index is -0.274. The van der Waals surface area contributed by atoms with Gasteiger partial charge in [0.05, 0.1) is 24.9 Å². The number of rotatable bonds is 5. The Bertz CT molecular complexity index is 759. The quantitative estimate of drug-likeness (QED) is 0.882. The van der Waals surface area contributed by atoms with E-state index < -0.39 is 0 Å². The molecule has 1 heterocycles. The molecule has 0 spiro atoms. The molecule has 0 radical (unpaired) electrons. The predicted molar refractivity (Wildman–Crippen MR) is 87.4 cm³/mol. The van der Waals surface area contributed by atoms with Gasteiger partial charge in [-0.1, -0.05) is 18.2 Å². The number of aromatic nitrogens is 2. The van der Waals surface area contributed by atoms with Crippen LogP contribution in [0.5, 0.6) is 5.88 Å². The van der Waals surface area contributed by atoms with Crippen LogP contribution in [0.25, 0.3) is 0 Å². The van der Waals surface area contributed by atoms with Crippen LogP contribution in [0.1, 0.15) is 29.2 Å². The Morgan fingerprint density at radius 3 is 2.92 bits per heavy atom. The molecule has 1 aliphatic rings. The number of hydrogen-bond donors (Lipinski definition) is 2. The lowest BCUT2D eigenvalue weighted by Crippen LogP contribution is -2.37. The number of carbonyl (C=O) groups excluding carboxylic acids is 1. The van der Waals surface area contributed by atoms with Gasteiger partial charge in [-0.15, -0.1) is 0 Å². The number of halogens is 1. The fourth-order valence-electron chi connectivity index (χ4n) is 3.00. The lowest BCUT2D eigenvalue weighted by molar-refractivity contribution is 0.239. The Hall–Kier alpha value is -2.57. The first-order chi connectivity index (χ1) is 11.5. The third kappa shape index (κ3) is 3.20. The molecule has 2 atom stereocenters. The smallest absolute Gasteiger partial charge is 0.315 e. The number of amides is 2. The number of benzene rings is 1. The minimum absolute atomic E-state index is 0.0289. The molecule has 1 aromatic carbocycles. The van der Waals surface area contributed by atoms with E-state index in [1.54, 1.807) is 31.0 Å². The van der Waals surface area contributed by atoms with Crippen LogP contribution >= 0.6 is 0 Å². The first-order valence-electron chi connectivity index (χ1n) is 7.86. The molecule has 2 aromatic rings. The van der Waals surface area contributed by atoms with E-state index in [1.807, 2.05) is 13.0 Å². The lowest BCUT2D eigenvalue weighted by atomic mass is 10.1. The van der Waals surface area contributed by atoms with E-state index in [0.717, 1.165) is 17.7 Å². The van der Waals surface area contributed by atoms with Gasteiger partial charge < -0.3 is 15.4 Å². The standard InChI is InChI=1S/C17H21FN4O2/c1-10-13(16(24-3)22(2)21-10)9-19-17(23)20-15-8-12(15)11-6-4-5-7-14(11)18/h4-7,12,15H,8-9H2,1-3H3,(H2,19,20,23)/t12-,15-/m1/s1. The molecule has 128 valence electrons. The number of urea groups is 1. The van der Waals surface area contributed by atoms with Gasteiger partial charge in [-0.05, 0) is 25.0 Å². The molecule has 6 nitrogen and oxygen atoms in total. The summed E-state index contributed by atoms with van der Waals surface area (Å²) in [5.74, 6) is 0.456. The molecule has 0 aliphatic heterocycles. The third-order valence-electron chi connectivity index (χ3n) is 4.32. The van der Waals surface area contributed by atoms with E-state index in [2.05, 4.69) is 15.7 Å². The molecule has 3 rings (SSSR count). The summed E-state index contributed by atoms with van der Waals surface area (Å²) in [5, 5.41) is 9.96. The monoisotopic (exact) mass is 332 g/mol. The van der Waals surface area contributed by atoms with Crippen molar-refractivity contribution >= 4 is 6.03 Å². The summed E-state index contributed by atoms with van der Waals surface area (Å²) in [7, 11) is 3.36. The zero-order valence-corrected chi connectivity index (χ0v) is 14.0. The number of ether oxygens (including phenoxy) is 1. The normalized spacial score (nSPS) is 19.0. The third-order valence-corrected chi connectivity index (χ3v) is 4.32. The van der Waals surface area contributed by atoms with Crippen molar-refractivity contribution < 1.29 is 13.9 Å². The number of aryl methyl sites for hydroxylation is 2. The molecule has 2 amide bonds. The Morgan fingerprint density at radius 1 is 1.46 bits per heavy atom. The zero-order valence-electron chi connectivity index (χ0n) is 14.0. The number of nitrogens with one attached hydrogen (secondary N) is 2. The van der Waals surface area contributed by atoms with Crippen LogP contribution in [0.3, 0.4) is 0 Å². The summed E-state index contributed by atoms with van der Waals surface area (Å²) in [6.45, 7) is 2.19. The number of hydrogen-bond acceptors (Lipinski definition) is 3. The summed E-state index contributed by atoms with van der Waals surface area (Å²) < 4.78 is 20.7. The highest BCUT2D eigenvalue weighted by molar-refractivity contribution is 5.75. The van der Waals surface area contributed by atoms with Crippen LogP contribution in [0.4, 0.5) is 9.18 Å². The van der Waals surface area contributed by atoms with Crippen molar-refractivity contribution in [3.63, 3.8) is 0 Å². The molecular formula is C17H21FN4O2. The second-order valence-electron chi connectivity index (χ2n) is 5.99. The maximum Gasteiger partial charge on any atom is 0.315 e. The molecule has 0 bridgehead atoms. The van der Waals surface area contributed by atoms with Crippen LogP contribution in [-0.4, -0.2) is 29.0 Å². The van der Waals surface area contributed by atoms with E-state index >= 15 is 0 Å². The number of nitrogens with zero attached hydrogens (tertiary/aromatic N) is 2. The summed E-state index contributed by atoms with van der Waals surface area (Å²) >= 11 is 0. The SMILES string of the molecule is COc1c(CNC(=O)N[C@@H]2C[C@@H]2c2ccccc2F)c(C)nn1C. The van der Waals surface area contributed by atoms with Gasteiger partial charge in [-0.25, -0.2) is 13.9 Å². The summed E-state index contributed by atoms with van der Waals surface area (Å²) in [6, 6.07) is 6.39. The topological polar surface area (TPSA) is 68.2 Å². The van der Waals surface area contributed by atoms with Gasteiger partial charge in [0.25, 0.3) is 0 Å². The van der Waals surface area contributed by atoms with Gasteiger partial charge in [0.2, 0.25) is 5.88 Å². The van der Waals surface area contributed by atoms with Crippen molar-refractivity contribution in [2.45, 2.75) is 31.8 Å². The molecule has 1 aliphatic carbocycles. The Kier molecular flexibility index (Phi) is 4.42. The fourth-order valence-corrected chi connectivity index (χ4v) is 3.00. The van der Waals surface area contributed by atoms with Gasteiger partial charge in [0, 0.05) is 19.0 Å². The highest BCUT2D eigenvalue weighted by Gasteiger charge is 2.40. The van der Waals surface area contributed by atoms with Gasteiger partial charge in [-0.2, -0.15) is 5.10 Å². The Morgan fingerprint density at radius 2 is 2.21 bits per heavy atom. The summed E-state index contributed by atoms with van der Waals surface area (Å²) in [5.41, 5.74) is 2.31. The van der Waals surface area contributed by atoms with E-state index in [0.29, 0.717) is 18.0 Å². The number of carbonyl (C=O) groups is 1. The average Bonchev–Trinajstić information content (AvgIpc) is 3.23. The first-order valence-corrected chi connectivity index (χ1v) is 7.86. The molecule has 24 heavy (non-hydrogen) atoms. The second-order valence-corrected chi connectivity index (χ2v) is 5.99. The van der Waals surface area contributed by atoms with Crippen molar-refractivity contribution in [3.05, 3.63) is 46.9 Å². The van der Waals surface area contributed by atoms with Crippen LogP contribution in [-0.2, 0) is 13.6 Å². The molecule has 7 heteroatoms. The molecule has 2 N–H and O–H groups in total. The molecule has 0 saturated heterocycles. The maximum atomic E-state index is 13.7. The second kappa shape index (κ2) is 6.51. The first kappa shape index (κ1) is 16.3. The van der Waals surface area contributed by atoms with Crippen molar-refractivity contribution in [3.8, 4) is 5.88 Å². The highest BCUT2D eigenvalue weighted by Crippen LogP contribution is 2.41. The largest absolute Gasteiger partial charge is 0.481 e. The molecular weight excluding hydrogens is 311 g/mol. The average molecular weight is 332 g/mol. The van der Waals surface area contributed by atoms with E-state index in [4.69, 9.17) is 4.74 Å². The van der Waals surface area contributed by atoms with Gasteiger partial charge >= 0.3 is 6.03 Å². The molecule has 1 aromatic heterocycles. The predicted octanol–water partition coefficient (Wildman–Crippen LogP) is 2.23. The Labute approximate surface area is 140 Å². The maximum absolute atomic E-state index is 13.7. The van der Waals surface area contributed by atoms with Crippen LogP contribution < -0.4 is 15.4 Å². The number of methoxy groups -OCH3 is 1. The fraction of sp³-hybridized carbons (Fsp3) is 0.412. The molecule has 1 saturated carbocycles.